The van der Waals surface area contributed by atoms with Crippen LogP contribution in [0.25, 0.3) is 0 Å². The van der Waals surface area contributed by atoms with Crippen molar-refractivity contribution < 1.29 is 14.4 Å². The van der Waals surface area contributed by atoms with Crippen molar-refractivity contribution in [1.82, 2.24) is 9.80 Å². The molecule has 2 aliphatic rings. The summed E-state index contributed by atoms with van der Waals surface area (Å²) in [5.41, 5.74) is 0.882. The van der Waals surface area contributed by atoms with Crippen molar-refractivity contribution in [2.24, 2.45) is 5.92 Å². The number of imide groups is 1. The number of benzene rings is 1. The molecule has 116 valence electrons. The number of carbonyl (C=O) groups excluding carboxylic acids is 3. The van der Waals surface area contributed by atoms with Gasteiger partial charge < -0.3 is 0 Å². The highest BCUT2D eigenvalue weighted by atomic mass is 16.2. The molecular formula is C17H20N2O3. The zero-order chi connectivity index (χ0) is 15.9. The fourth-order valence-electron chi connectivity index (χ4n) is 3.19. The van der Waals surface area contributed by atoms with E-state index >= 15 is 0 Å². The van der Waals surface area contributed by atoms with E-state index in [2.05, 4.69) is 18.7 Å². The first-order chi connectivity index (χ1) is 10.5. The molecule has 1 saturated heterocycles. The van der Waals surface area contributed by atoms with Crippen molar-refractivity contribution in [3.05, 3.63) is 35.4 Å². The van der Waals surface area contributed by atoms with Crippen molar-refractivity contribution in [3.8, 4) is 0 Å². The minimum Gasteiger partial charge on any atom is -0.300 e. The lowest BCUT2D eigenvalue weighted by Gasteiger charge is -2.35. The first-order valence-electron chi connectivity index (χ1n) is 7.71. The van der Waals surface area contributed by atoms with Crippen LogP contribution in [0, 0.1) is 5.92 Å². The maximum absolute atomic E-state index is 12.4. The summed E-state index contributed by atoms with van der Waals surface area (Å²) >= 11 is 0. The number of ketones is 1. The first-order valence-corrected chi connectivity index (χ1v) is 7.71. The molecular weight excluding hydrogens is 280 g/mol. The molecule has 0 N–H and O–H groups in total. The zero-order valence-corrected chi connectivity index (χ0v) is 12.9. The Bertz CT molecular complexity index is 604. The van der Waals surface area contributed by atoms with Gasteiger partial charge in [0.25, 0.3) is 11.8 Å². The molecule has 1 unspecified atom stereocenters. The van der Waals surface area contributed by atoms with Crippen LogP contribution >= 0.6 is 0 Å². The van der Waals surface area contributed by atoms with Crippen molar-refractivity contribution in [1.29, 1.82) is 0 Å². The normalized spacial score (nSPS) is 22.6. The van der Waals surface area contributed by atoms with Crippen LogP contribution in [0.2, 0.25) is 0 Å². The number of amides is 2. The van der Waals surface area contributed by atoms with Gasteiger partial charge in [-0.3, -0.25) is 24.2 Å². The summed E-state index contributed by atoms with van der Waals surface area (Å²) in [6.07, 6.45) is 0.492. The van der Waals surface area contributed by atoms with Crippen LogP contribution in [0.4, 0.5) is 0 Å². The van der Waals surface area contributed by atoms with E-state index in [9.17, 15) is 14.4 Å². The number of Topliss-reactive ketones (excluding diaryl/α,β-unsaturated/α-hetero) is 1. The number of fused-ring (bicyclic) bond motifs is 1. The Morgan fingerprint density at radius 1 is 1.09 bits per heavy atom. The van der Waals surface area contributed by atoms with Gasteiger partial charge in [-0.15, -0.1) is 0 Å². The summed E-state index contributed by atoms with van der Waals surface area (Å²) in [5, 5.41) is 0. The molecule has 5 heteroatoms. The Hall–Kier alpha value is -2.01. The van der Waals surface area contributed by atoms with E-state index in [0.717, 1.165) is 6.54 Å². The summed E-state index contributed by atoms with van der Waals surface area (Å²) in [6, 6.07) is 7.19. The highest BCUT2D eigenvalue weighted by Gasteiger charge is 2.39. The van der Waals surface area contributed by atoms with Gasteiger partial charge in [-0.2, -0.15) is 0 Å². The number of likely N-dealkylation sites (tertiary alicyclic amines) is 1. The van der Waals surface area contributed by atoms with E-state index in [1.807, 2.05) is 0 Å². The number of carbonyl (C=O) groups is 3. The van der Waals surface area contributed by atoms with Gasteiger partial charge >= 0.3 is 0 Å². The Labute approximate surface area is 129 Å². The molecule has 2 amide bonds. The van der Waals surface area contributed by atoms with Gasteiger partial charge in [0.2, 0.25) is 0 Å². The second-order valence-electron chi connectivity index (χ2n) is 6.27. The number of rotatable bonds is 3. The quantitative estimate of drug-likeness (QED) is 0.795. The van der Waals surface area contributed by atoms with Crippen LogP contribution < -0.4 is 0 Å². The molecule has 0 aromatic heterocycles. The molecule has 1 atom stereocenters. The zero-order valence-electron chi connectivity index (χ0n) is 12.9. The fourth-order valence-corrected chi connectivity index (χ4v) is 3.19. The molecule has 22 heavy (non-hydrogen) atoms. The third kappa shape index (κ3) is 2.46. The van der Waals surface area contributed by atoms with Crippen molar-refractivity contribution in [2.75, 3.05) is 19.6 Å². The van der Waals surface area contributed by atoms with Crippen LogP contribution in [0.3, 0.4) is 0 Å². The van der Waals surface area contributed by atoms with Crippen LogP contribution in [-0.4, -0.2) is 53.1 Å². The third-order valence-electron chi connectivity index (χ3n) is 4.57. The number of hydrogen-bond acceptors (Lipinski definition) is 4. The monoisotopic (exact) mass is 300 g/mol. The second-order valence-corrected chi connectivity index (χ2v) is 6.27. The highest BCUT2D eigenvalue weighted by molar-refractivity contribution is 6.21. The van der Waals surface area contributed by atoms with Gasteiger partial charge in [-0.1, -0.05) is 12.1 Å². The van der Waals surface area contributed by atoms with Crippen molar-refractivity contribution >= 4 is 17.6 Å². The molecule has 0 saturated carbocycles. The van der Waals surface area contributed by atoms with Crippen LogP contribution in [0.15, 0.2) is 24.3 Å². The molecule has 3 rings (SSSR count). The molecule has 0 radical (unpaired) electrons. The lowest BCUT2D eigenvalue weighted by atomic mass is 9.95. The Balaban J connectivity index is 1.77. The van der Waals surface area contributed by atoms with Gasteiger partial charge in [0.1, 0.15) is 5.78 Å². The van der Waals surface area contributed by atoms with Crippen LogP contribution in [0.1, 0.15) is 41.0 Å². The highest BCUT2D eigenvalue weighted by Crippen LogP contribution is 2.25. The van der Waals surface area contributed by atoms with Gasteiger partial charge in [-0.25, -0.2) is 0 Å². The number of piperidine rings is 1. The fraction of sp³-hybridized carbons (Fsp3) is 0.471. The average Bonchev–Trinajstić information content (AvgIpc) is 2.74. The Morgan fingerprint density at radius 2 is 1.68 bits per heavy atom. The Kier molecular flexibility index (Phi) is 3.83. The van der Waals surface area contributed by atoms with Gasteiger partial charge in [-0.05, 0) is 26.0 Å². The molecule has 2 heterocycles. The minimum absolute atomic E-state index is 0.147. The van der Waals surface area contributed by atoms with Gasteiger partial charge in [0, 0.05) is 38.0 Å². The summed E-state index contributed by atoms with van der Waals surface area (Å²) in [7, 11) is 0. The molecule has 1 fully saturated rings. The molecule has 1 aromatic carbocycles. The standard InChI is InChI=1S/C17H20N2O3/c1-11(2)18-8-7-15(20)12(9-18)10-19-16(21)13-5-3-4-6-14(13)17(19)22/h3-6,11-12H,7-10H2,1-2H3. The Morgan fingerprint density at radius 3 is 2.23 bits per heavy atom. The van der Waals surface area contributed by atoms with E-state index in [1.54, 1.807) is 24.3 Å². The molecule has 0 spiro atoms. The lowest BCUT2D eigenvalue weighted by molar-refractivity contribution is -0.126. The maximum atomic E-state index is 12.4. The predicted molar refractivity (Wildman–Crippen MR) is 81.6 cm³/mol. The predicted octanol–water partition coefficient (Wildman–Crippen LogP) is 1.58. The summed E-state index contributed by atoms with van der Waals surface area (Å²) in [4.78, 5) is 40.4. The third-order valence-corrected chi connectivity index (χ3v) is 4.57. The molecule has 2 aliphatic heterocycles. The largest absolute Gasteiger partial charge is 0.300 e. The number of hydrogen-bond donors (Lipinski definition) is 0. The van der Waals surface area contributed by atoms with E-state index < -0.39 is 0 Å². The van der Waals surface area contributed by atoms with Crippen LogP contribution in [0.5, 0.6) is 0 Å². The maximum Gasteiger partial charge on any atom is 0.261 e. The van der Waals surface area contributed by atoms with E-state index in [-0.39, 0.29) is 30.1 Å². The van der Waals surface area contributed by atoms with Gasteiger partial charge in [0.15, 0.2) is 0 Å². The van der Waals surface area contributed by atoms with E-state index in [1.165, 1.54) is 4.90 Å². The summed E-state index contributed by atoms with van der Waals surface area (Å²) < 4.78 is 0. The van der Waals surface area contributed by atoms with E-state index in [4.69, 9.17) is 0 Å². The van der Waals surface area contributed by atoms with Gasteiger partial charge in [0.05, 0.1) is 11.1 Å². The summed E-state index contributed by atoms with van der Waals surface area (Å²) in [6.45, 7) is 5.75. The minimum atomic E-state index is -0.282. The van der Waals surface area contributed by atoms with E-state index in [0.29, 0.717) is 30.1 Å². The molecule has 0 aliphatic carbocycles. The van der Waals surface area contributed by atoms with Crippen molar-refractivity contribution in [3.63, 3.8) is 0 Å². The van der Waals surface area contributed by atoms with Crippen LogP contribution in [-0.2, 0) is 4.79 Å². The molecule has 5 nitrogen and oxygen atoms in total. The smallest absolute Gasteiger partial charge is 0.261 e. The molecule has 0 bridgehead atoms. The SMILES string of the molecule is CC(C)N1CCC(=O)C(CN2C(=O)c3ccccc3C2=O)C1. The number of nitrogens with zero attached hydrogens (tertiary/aromatic N) is 2. The van der Waals surface area contributed by atoms with Crippen molar-refractivity contribution in [2.45, 2.75) is 26.3 Å². The first kappa shape index (κ1) is 14.9. The molecule has 1 aromatic rings. The topological polar surface area (TPSA) is 57.7 Å². The second kappa shape index (κ2) is 5.65. The average molecular weight is 300 g/mol. The summed E-state index contributed by atoms with van der Waals surface area (Å²) in [5.74, 6) is -0.697. The lowest BCUT2D eigenvalue weighted by Crippen LogP contribution is -2.49.